The summed E-state index contributed by atoms with van der Waals surface area (Å²) in [5.74, 6) is -4.42. The van der Waals surface area contributed by atoms with E-state index in [2.05, 4.69) is 30.7 Å². The molecule has 1 unspecified atom stereocenters. The van der Waals surface area contributed by atoms with Crippen molar-refractivity contribution in [2.45, 2.75) is 96.1 Å². The van der Waals surface area contributed by atoms with Crippen molar-refractivity contribution in [2.75, 3.05) is 6.54 Å². The van der Waals surface area contributed by atoms with E-state index in [1.54, 1.807) is 20.8 Å². The van der Waals surface area contributed by atoms with Crippen molar-refractivity contribution in [1.82, 2.24) is 21.3 Å². The van der Waals surface area contributed by atoms with Gasteiger partial charge in [-0.1, -0.05) is 32.1 Å². The number of ketones is 1. The van der Waals surface area contributed by atoms with Crippen LogP contribution in [-0.4, -0.2) is 59.9 Å². The summed E-state index contributed by atoms with van der Waals surface area (Å²) in [7, 11) is 0. The van der Waals surface area contributed by atoms with E-state index in [0.29, 0.717) is 13.0 Å². The number of carbonyl (C=O) groups is 5. The van der Waals surface area contributed by atoms with Crippen LogP contribution in [0.2, 0.25) is 0 Å². The van der Waals surface area contributed by atoms with Crippen LogP contribution in [0.25, 0.3) is 0 Å². The number of halogens is 2. The fraction of sp³-hybridized carbons (Fsp3) is 0.621. The molecule has 0 aromatic heterocycles. The molecule has 1 saturated carbocycles. The zero-order valence-corrected chi connectivity index (χ0v) is 24.0. The van der Waals surface area contributed by atoms with Gasteiger partial charge in [-0.3, -0.25) is 24.0 Å². The van der Waals surface area contributed by atoms with E-state index in [9.17, 15) is 32.8 Å². The zero-order chi connectivity index (χ0) is 30.7. The highest BCUT2D eigenvalue weighted by atomic mass is 19.3. The summed E-state index contributed by atoms with van der Waals surface area (Å²) in [5.41, 5.74) is -0.741. The second-order valence-electron chi connectivity index (χ2n) is 12.2. The Hall–Kier alpha value is -3.77. The minimum absolute atomic E-state index is 0.0312. The van der Waals surface area contributed by atoms with Crippen LogP contribution in [0.3, 0.4) is 0 Å². The van der Waals surface area contributed by atoms with Gasteiger partial charge in [0.2, 0.25) is 17.6 Å². The highest BCUT2D eigenvalue weighted by molar-refractivity contribution is 6.38. The Balaban J connectivity index is 1.53. The van der Waals surface area contributed by atoms with Crippen LogP contribution in [0.1, 0.15) is 82.5 Å². The van der Waals surface area contributed by atoms with Crippen molar-refractivity contribution in [2.24, 2.45) is 11.8 Å². The molecule has 230 valence electrons. The molecular formula is C29H38F2N4O7. The van der Waals surface area contributed by atoms with Crippen LogP contribution in [0, 0.1) is 11.8 Å². The maximum absolute atomic E-state index is 13.7. The number of rotatable bonds is 10. The summed E-state index contributed by atoms with van der Waals surface area (Å²) in [4.78, 5) is 65.2. The van der Waals surface area contributed by atoms with Crippen LogP contribution in [-0.2, 0) is 19.2 Å². The van der Waals surface area contributed by atoms with E-state index >= 15 is 0 Å². The summed E-state index contributed by atoms with van der Waals surface area (Å²) in [6.45, 7) is 5.56. The molecule has 4 N–H and O–H groups in total. The van der Waals surface area contributed by atoms with Crippen LogP contribution in [0.15, 0.2) is 18.2 Å². The van der Waals surface area contributed by atoms with Gasteiger partial charge in [0.25, 0.3) is 11.8 Å². The van der Waals surface area contributed by atoms with Gasteiger partial charge in [0.1, 0.15) is 6.04 Å². The van der Waals surface area contributed by atoms with Crippen molar-refractivity contribution in [3.63, 3.8) is 0 Å². The molecule has 2 heterocycles. The Morgan fingerprint density at radius 2 is 1.67 bits per heavy atom. The number of benzene rings is 1. The third kappa shape index (κ3) is 8.16. The molecule has 1 aliphatic carbocycles. The van der Waals surface area contributed by atoms with Gasteiger partial charge in [0.05, 0.1) is 6.04 Å². The molecule has 1 aromatic carbocycles. The first-order valence-electron chi connectivity index (χ1n) is 14.4. The number of hydrogen-bond acceptors (Lipinski definition) is 7. The number of alkyl halides is 2. The molecule has 3 atom stereocenters. The normalized spacial score (nSPS) is 21.2. The molecule has 4 amide bonds. The topological polar surface area (TPSA) is 152 Å². The fourth-order valence-electron chi connectivity index (χ4n) is 5.54. The molecule has 11 nitrogen and oxygen atoms in total. The third-order valence-corrected chi connectivity index (χ3v) is 7.61. The number of carbonyl (C=O) groups excluding carboxylic acids is 5. The van der Waals surface area contributed by atoms with Crippen molar-refractivity contribution in [1.29, 1.82) is 0 Å². The van der Waals surface area contributed by atoms with Crippen LogP contribution < -0.4 is 30.7 Å². The van der Waals surface area contributed by atoms with Gasteiger partial charge in [0.15, 0.2) is 11.5 Å². The molecule has 2 aliphatic heterocycles. The Morgan fingerprint density at radius 3 is 2.31 bits per heavy atom. The number of Topliss-reactive ketones (excluding diaryl/α,β-unsaturated/α-hetero) is 1. The lowest BCUT2D eigenvalue weighted by atomic mass is 9.84. The summed E-state index contributed by atoms with van der Waals surface area (Å²) < 4.78 is 35.8. The van der Waals surface area contributed by atoms with Crippen LogP contribution in [0.4, 0.5) is 8.78 Å². The Morgan fingerprint density at radius 1 is 0.976 bits per heavy atom. The third-order valence-electron chi connectivity index (χ3n) is 7.61. The molecular weight excluding hydrogens is 554 g/mol. The molecule has 1 aromatic rings. The van der Waals surface area contributed by atoms with Gasteiger partial charge in [0, 0.05) is 23.6 Å². The second kappa shape index (κ2) is 12.6. The van der Waals surface area contributed by atoms with E-state index < -0.39 is 53.3 Å². The average Bonchev–Trinajstić information content (AvgIpc) is 3.46. The highest BCUT2D eigenvalue weighted by Crippen LogP contribution is 2.41. The summed E-state index contributed by atoms with van der Waals surface area (Å²) in [5, 5.41) is 10.6. The molecule has 1 saturated heterocycles. The Kier molecular flexibility index (Phi) is 9.37. The van der Waals surface area contributed by atoms with Crippen molar-refractivity contribution < 1.29 is 42.2 Å². The lowest BCUT2D eigenvalue weighted by molar-refractivity contribution is -0.286. The van der Waals surface area contributed by atoms with E-state index in [1.165, 1.54) is 12.1 Å². The van der Waals surface area contributed by atoms with Crippen molar-refractivity contribution in [3.8, 4) is 11.5 Å². The van der Waals surface area contributed by atoms with E-state index in [-0.39, 0.29) is 41.7 Å². The Bertz CT molecular complexity index is 1230. The summed E-state index contributed by atoms with van der Waals surface area (Å²) in [6.07, 6.45) is 1.55. The highest BCUT2D eigenvalue weighted by Gasteiger charge is 2.44. The van der Waals surface area contributed by atoms with Crippen LogP contribution >= 0.6 is 0 Å². The molecule has 3 aliphatic rings. The van der Waals surface area contributed by atoms with E-state index in [0.717, 1.165) is 38.2 Å². The first kappa shape index (κ1) is 31.2. The average molecular weight is 593 g/mol. The van der Waals surface area contributed by atoms with E-state index in [4.69, 9.17) is 0 Å². The molecule has 4 rings (SSSR count). The van der Waals surface area contributed by atoms with Gasteiger partial charge in [-0.25, -0.2) is 0 Å². The standard InChI is InChI=1S/C29H38F2N4O7/c1-28(2,3)35-27(40)23(36)19(14-18-11-12-32-24(18)37)33-26(39)20(13-16-7-5-4-6-8-16)34-25(38)17-9-10-21-22(15-17)42-29(30,31)41-21/h9-10,15-16,18-20H,4-8,11-14H2,1-3H3,(H,32,37)(H,33,39)(H,34,38)(H,35,40)/t18-,19?,20-/m0/s1. The monoisotopic (exact) mass is 592 g/mol. The van der Waals surface area contributed by atoms with Crippen LogP contribution in [0.5, 0.6) is 11.5 Å². The van der Waals surface area contributed by atoms with Crippen molar-refractivity contribution in [3.05, 3.63) is 23.8 Å². The largest absolute Gasteiger partial charge is 0.586 e. The first-order chi connectivity index (χ1) is 19.7. The number of ether oxygens (including phenoxy) is 2. The fourth-order valence-corrected chi connectivity index (χ4v) is 5.54. The quantitative estimate of drug-likeness (QED) is 0.305. The minimum Gasteiger partial charge on any atom is -0.395 e. The number of amides is 4. The second-order valence-corrected chi connectivity index (χ2v) is 12.2. The van der Waals surface area contributed by atoms with Gasteiger partial charge in [-0.05, 0) is 64.2 Å². The summed E-state index contributed by atoms with van der Waals surface area (Å²) >= 11 is 0. The van der Waals surface area contributed by atoms with Gasteiger partial charge in [-0.15, -0.1) is 8.78 Å². The predicted octanol–water partition coefficient (Wildman–Crippen LogP) is 2.57. The SMILES string of the molecule is CC(C)(C)NC(=O)C(=O)C(C[C@@H]1CCNC1=O)NC(=O)[C@H](CC1CCCCC1)NC(=O)c1ccc2c(c1)OC(F)(F)O2. The molecule has 42 heavy (non-hydrogen) atoms. The number of nitrogens with one attached hydrogen (secondary N) is 4. The number of fused-ring (bicyclic) bond motifs is 1. The lowest BCUT2D eigenvalue weighted by Gasteiger charge is -2.29. The van der Waals surface area contributed by atoms with E-state index in [1.807, 2.05) is 0 Å². The molecule has 0 bridgehead atoms. The molecule has 2 fully saturated rings. The minimum atomic E-state index is -3.85. The Labute approximate surface area is 242 Å². The zero-order valence-electron chi connectivity index (χ0n) is 24.0. The number of hydrogen-bond donors (Lipinski definition) is 4. The van der Waals surface area contributed by atoms with Gasteiger partial charge >= 0.3 is 6.29 Å². The summed E-state index contributed by atoms with van der Waals surface area (Å²) in [6, 6.07) is 1.16. The van der Waals surface area contributed by atoms with Crippen molar-refractivity contribution >= 4 is 29.4 Å². The smallest absolute Gasteiger partial charge is 0.395 e. The molecule has 0 radical (unpaired) electrons. The first-order valence-corrected chi connectivity index (χ1v) is 14.4. The maximum Gasteiger partial charge on any atom is 0.586 e. The van der Waals surface area contributed by atoms with Gasteiger partial charge in [-0.2, -0.15) is 0 Å². The molecule has 0 spiro atoms. The van der Waals surface area contributed by atoms with Gasteiger partial charge < -0.3 is 30.7 Å². The lowest BCUT2D eigenvalue weighted by Crippen LogP contribution is -2.56. The molecule has 13 heteroatoms. The predicted molar refractivity (Wildman–Crippen MR) is 146 cm³/mol. The maximum atomic E-state index is 13.7.